The number of morpholine rings is 1. The molecule has 40 heavy (non-hydrogen) atoms. The minimum Gasteiger partial charge on any atom is -0.379 e. The molecule has 2 saturated heterocycles. The Morgan fingerprint density at radius 1 is 1.02 bits per heavy atom. The van der Waals surface area contributed by atoms with Crippen LogP contribution in [0.1, 0.15) is 12.5 Å². The number of rotatable bonds is 6. The molecule has 1 aromatic carbocycles. The van der Waals surface area contributed by atoms with E-state index in [1.807, 2.05) is 6.92 Å². The van der Waals surface area contributed by atoms with Crippen molar-refractivity contribution in [3.05, 3.63) is 53.3 Å². The van der Waals surface area contributed by atoms with Gasteiger partial charge in [0, 0.05) is 56.2 Å². The molecule has 2 fully saturated rings. The van der Waals surface area contributed by atoms with Crippen molar-refractivity contribution in [2.75, 3.05) is 50.8 Å². The summed E-state index contributed by atoms with van der Waals surface area (Å²) in [5.74, 6) is 0. The van der Waals surface area contributed by atoms with Crippen molar-refractivity contribution < 1.29 is 44.6 Å². The van der Waals surface area contributed by atoms with E-state index in [0.29, 0.717) is 38.4 Å². The molecule has 0 aliphatic carbocycles. The van der Waals surface area contributed by atoms with Crippen molar-refractivity contribution in [2.24, 2.45) is 0 Å². The van der Waals surface area contributed by atoms with Gasteiger partial charge < -0.3 is 14.7 Å². The number of aliphatic hydroxyl groups is 1. The summed E-state index contributed by atoms with van der Waals surface area (Å²) in [6.07, 6.45) is -10.9. The van der Waals surface area contributed by atoms with Gasteiger partial charge in [-0.25, -0.2) is 13.4 Å². The first-order valence-corrected chi connectivity index (χ1v) is 14.0. The zero-order valence-corrected chi connectivity index (χ0v) is 22.7. The van der Waals surface area contributed by atoms with Gasteiger partial charge in [0.1, 0.15) is 10.0 Å². The molecule has 0 radical (unpaired) electrons. The molecule has 0 bridgehead atoms. The van der Waals surface area contributed by atoms with Crippen LogP contribution in [0, 0.1) is 0 Å². The standard InChI is InChI=1S/C24H27ClF6N4O4S/c1-16-15-39-11-10-33(16)13-19-14-34(40(37,38)20-6-7-21(25)32-12-20)8-9-35(19)18-4-2-17(3-5-18)22(36,23(26,27)28)24(29,30)31/h2-7,12,16,19,36H,8-11,13-15H2,1H3/t16-,19+/m1/s1. The number of ether oxygens (including phenoxy) is 1. The quantitative estimate of drug-likeness (QED) is 0.392. The second-order valence-corrected chi connectivity index (χ2v) is 12.0. The van der Waals surface area contributed by atoms with Crippen LogP contribution in [-0.2, 0) is 20.4 Å². The lowest BCUT2D eigenvalue weighted by Gasteiger charge is -2.45. The maximum absolute atomic E-state index is 13.3. The fraction of sp³-hybridized carbons (Fsp3) is 0.542. The van der Waals surface area contributed by atoms with E-state index in [4.69, 9.17) is 16.3 Å². The molecule has 0 saturated carbocycles. The molecule has 2 aromatic rings. The summed E-state index contributed by atoms with van der Waals surface area (Å²) in [5.41, 5.74) is -6.13. The van der Waals surface area contributed by atoms with Crippen molar-refractivity contribution in [1.29, 1.82) is 0 Å². The van der Waals surface area contributed by atoms with Crippen LogP contribution in [-0.4, -0.2) is 98.1 Å². The Hall–Kier alpha value is -2.17. The number of hydrogen-bond donors (Lipinski definition) is 1. The molecule has 2 aliphatic heterocycles. The summed E-state index contributed by atoms with van der Waals surface area (Å²) >= 11 is 5.79. The van der Waals surface area contributed by atoms with Crippen LogP contribution in [0.25, 0.3) is 0 Å². The van der Waals surface area contributed by atoms with Gasteiger partial charge in [-0.15, -0.1) is 0 Å². The number of nitrogens with zero attached hydrogens (tertiary/aromatic N) is 4. The first kappa shape index (κ1) is 30.8. The Balaban J connectivity index is 1.65. The summed E-state index contributed by atoms with van der Waals surface area (Å²) < 4.78 is 113. The second kappa shape index (κ2) is 11.2. The molecule has 16 heteroatoms. The highest BCUT2D eigenvalue weighted by Crippen LogP contribution is 2.50. The largest absolute Gasteiger partial charge is 0.430 e. The van der Waals surface area contributed by atoms with Crippen LogP contribution in [0.3, 0.4) is 0 Å². The third kappa shape index (κ3) is 5.90. The van der Waals surface area contributed by atoms with Crippen LogP contribution in [0.4, 0.5) is 32.0 Å². The van der Waals surface area contributed by atoms with E-state index in [1.54, 1.807) is 4.90 Å². The molecular weight excluding hydrogens is 590 g/mol. The molecule has 0 spiro atoms. The van der Waals surface area contributed by atoms with Gasteiger partial charge in [0.25, 0.3) is 5.60 Å². The normalized spacial score (nSPS) is 22.5. The van der Waals surface area contributed by atoms with Gasteiger partial charge in [-0.05, 0) is 31.2 Å². The number of aromatic nitrogens is 1. The topological polar surface area (TPSA) is 86.2 Å². The smallest absolute Gasteiger partial charge is 0.379 e. The summed E-state index contributed by atoms with van der Waals surface area (Å²) in [6.45, 7) is 3.85. The monoisotopic (exact) mass is 616 g/mol. The Labute approximate surface area is 232 Å². The Morgan fingerprint density at radius 2 is 1.68 bits per heavy atom. The molecule has 8 nitrogen and oxygen atoms in total. The van der Waals surface area contributed by atoms with Crippen LogP contribution < -0.4 is 4.90 Å². The van der Waals surface area contributed by atoms with Crippen molar-refractivity contribution >= 4 is 27.3 Å². The van der Waals surface area contributed by atoms with E-state index in [2.05, 4.69) is 9.88 Å². The zero-order chi connectivity index (χ0) is 29.5. The Kier molecular flexibility index (Phi) is 8.66. The molecule has 1 N–H and O–H groups in total. The van der Waals surface area contributed by atoms with Gasteiger partial charge in [-0.3, -0.25) is 4.90 Å². The SMILES string of the molecule is C[C@@H]1COCCN1C[C@H]1CN(S(=O)(=O)c2ccc(Cl)nc2)CCN1c1ccc(C(O)(C(F)(F)F)C(F)(F)F)cc1. The van der Waals surface area contributed by atoms with Crippen LogP contribution in [0.2, 0.25) is 5.15 Å². The number of alkyl halides is 6. The summed E-state index contributed by atoms with van der Waals surface area (Å²) in [5, 5.41) is 9.85. The number of hydrogen-bond acceptors (Lipinski definition) is 7. The summed E-state index contributed by atoms with van der Waals surface area (Å²) in [7, 11) is -3.97. The van der Waals surface area contributed by atoms with Gasteiger partial charge in [-0.1, -0.05) is 23.7 Å². The van der Waals surface area contributed by atoms with Crippen molar-refractivity contribution in [2.45, 2.75) is 41.9 Å². The first-order valence-electron chi connectivity index (χ1n) is 12.2. The van der Waals surface area contributed by atoms with E-state index in [0.717, 1.165) is 18.3 Å². The summed E-state index contributed by atoms with van der Waals surface area (Å²) in [4.78, 5) is 7.60. The maximum atomic E-state index is 13.3. The number of anilines is 1. The number of piperazine rings is 1. The highest BCUT2D eigenvalue weighted by molar-refractivity contribution is 7.89. The van der Waals surface area contributed by atoms with Crippen LogP contribution in [0.15, 0.2) is 47.5 Å². The lowest BCUT2D eigenvalue weighted by Crippen LogP contribution is -2.60. The van der Waals surface area contributed by atoms with Gasteiger partial charge in [0.05, 0.1) is 19.3 Å². The molecule has 3 heterocycles. The predicted molar refractivity (Wildman–Crippen MR) is 133 cm³/mol. The van der Waals surface area contributed by atoms with Crippen molar-refractivity contribution in [3.8, 4) is 0 Å². The molecule has 0 amide bonds. The van der Waals surface area contributed by atoms with Crippen molar-refractivity contribution in [1.82, 2.24) is 14.2 Å². The average molecular weight is 617 g/mol. The number of pyridine rings is 1. The third-order valence-electron chi connectivity index (χ3n) is 7.17. The van der Waals surface area contributed by atoms with Crippen LogP contribution in [0.5, 0.6) is 0 Å². The number of sulfonamides is 1. The zero-order valence-electron chi connectivity index (χ0n) is 21.2. The lowest BCUT2D eigenvalue weighted by molar-refractivity contribution is -0.376. The summed E-state index contributed by atoms with van der Waals surface area (Å²) in [6, 6.07) is 5.49. The molecule has 2 aliphatic rings. The van der Waals surface area contributed by atoms with Crippen molar-refractivity contribution in [3.63, 3.8) is 0 Å². The number of halogens is 7. The van der Waals surface area contributed by atoms with E-state index in [-0.39, 0.29) is 41.4 Å². The van der Waals surface area contributed by atoms with Gasteiger partial charge in [0.15, 0.2) is 0 Å². The molecule has 0 unspecified atom stereocenters. The van der Waals surface area contributed by atoms with E-state index >= 15 is 0 Å². The number of benzene rings is 1. The minimum atomic E-state index is -6.00. The van der Waals surface area contributed by atoms with Gasteiger partial charge >= 0.3 is 12.4 Å². The van der Waals surface area contributed by atoms with E-state index < -0.39 is 39.6 Å². The highest BCUT2D eigenvalue weighted by Gasteiger charge is 2.71. The molecular formula is C24H27ClF6N4O4S. The predicted octanol–water partition coefficient (Wildman–Crippen LogP) is 3.65. The maximum Gasteiger partial charge on any atom is 0.430 e. The van der Waals surface area contributed by atoms with Crippen LogP contribution >= 0.6 is 11.6 Å². The fourth-order valence-corrected chi connectivity index (χ4v) is 6.42. The molecule has 1 aromatic heterocycles. The second-order valence-electron chi connectivity index (χ2n) is 9.70. The molecule has 222 valence electrons. The lowest BCUT2D eigenvalue weighted by atomic mass is 9.92. The fourth-order valence-electron chi connectivity index (χ4n) is 4.89. The highest BCUT2D eigenvalue weighted by atomic mass is 35.5. The first-order chi connectivity index (χ1) is 18.6. The Bertz CT molecular complexity index is 1260. The Morgan fingerprint density at radius 3 is 2.23 bits per heavy atom. The molecule has 2 atom stereocenters. The molecule has 4 rings (SSSR count). The van der Waals surface area contributed by atoms with E-state index in [1.165, 1.54) is 16.4 Å². The minimum absolute atomic E-state index is 0.000925. The third-order valence-corrected chi connectivity index (χ3v) is 9.24. The van der Waals surface area contributed by atoms with Gasteiger partial charge in [0.2, 0.25) is 10.0 Å². The average Bonchev–Trinajstić information content (AvgIpc) is 2.88. The van der Waals surface area contributed by atoms with E-state index in [9.17, 15) is 39.9 Å². The van der Waals surface area contributed by atoms with Gasteiger partial charge in [-0.2, -0.15) is 30.6 Å².